The third-order valence-electron chi connectivity index (χ3n) is 3.78. The van der Waals surface area contributed by atoms with Crippen molar-refractivity contribution in [3.63, 3.8) is 0 Å². The molecule has 2 rings (SSSR count). The molecule has 6 nitrogen and oxygen atoms in total. The third kappa shape index (κ3) is 4.81. The van der Waals surface area contributed by atoms with Crippen LogP contribution in [-0.4, -0.2) is 36.2 Å². The number of carbonyl (C=O) groups excluding carboxylic acids is 2. The Balaban J connectivity index is 1.84. The molecule has 2 atom stereocenters. The van der Waals surface area contributed by atoms with Crippen LogP contribution in [0.2, 0.25) is 0 Å². The second kappa shape index (κ2) is 7.95. The summed E-state index contributed by atoms with van der Waals surface area (Å²) < 4.78 is 0. The Bertz CT molecular complexity index is 623. The summed E-state index contributed by atoms with van der Waals surface area (Å²) in [5, 5.41) is 9.48. The summed E-state index contributed by atoms with van der Waals surface area (Å²) in [6, 6.07) is 7.29. The fourth-order valence-electron chi connectivity index (χ4n) is 2.26. The number of amides is 2. The SMILES string of the molecule is Cc1ccc(C2=NO[C@H](C(=O)N[C@H](C)C(=O)NCC(C)C)C2)cc1. The van der Waals surface area contributed by atoms with Crippen LogP contribution in [0.4, 0.5) is 0 Å². The largest absolute Gasteiger partial charge is 0.382 e. The molecule has 0 saturated carbocycles. The molecule has 0 bridgehead atoms. The first-order valence-corrected chi connectivity index (χ1v) is 8.24. The van der Waals surface area contributed by atoms with E-state index in [9.17, 15) is 9.59 Å². The van der Waals surface area contributed by atoms with Crippen molar-refractivity contribution >= 4 is 17.5 Å². The normalized spacial score (nSPS) is 17.9. The first kappa shape index (κ1) is 18.0. The van der Waals surface area contributed by atoms with E-state index >= 15 is 0 Å². The molecule has 0 saturated heterocycles. The Morgan fingerprint density at radius 1 is 1.25 bits per heavy atom. The van der Waals surface area contributed by atoms with E-state index in [0.29, 0.717) is 18.9 Å². The van der Waals surface area contributed by atoms with Crippen molar-refractivity contribution in [1.29, 1.82) is 0 Å². The van der Waals surface area contributed by atoms with Gasteiger partial charge in [-0.3, -0.25) is 9.59 Å². The van der Waals surface area contributed by atoms with Crippen molar-refractivity contribution in [3.8, 4) is 0 Å². The van der Waals surface area contributed by atoms with Gasteiger partial charge in [-0.05, 0) is 25.3 Å². The van der Waals surface area contributed by atoms with E-state index < -0.39 is 12.1 Å². The molecule has 6 heteroatoms. The van der Waals surface area contributed by atoms with Crippen molar-refractivity contribution in [2.75, 3.05) is 6.54 Å². The zero-order valence-electron chi connectivity index (χ0n) is 14.6. The number of nitrogens with one attached hydrogen (secondary N) is 2. The second-order valence-corrected chi connectivity index (χ2v) is 6.57. The molecule has 1 aliphatic rings. The van der Waals surface area contributed by atoms with Crippen molar-refractivity contribution in [2.45, 2.75) is 46.3 Å². The van der Waals surface area contributed by atoms with E-state index in [0.717, 1.165) is 16.8 Å². The van der Waals surface area contributed by atoms with Gasteiger partial charge < -0.3 is 15.5 Å². The van der Waals surface area contributed by atoms with Gasteiger partial charge in [-0.2, -0.15) is 0 Å². The average Bonchev–Trinajstić information content (AvgIpc) is 3.03. The van der Waals surface area contributed by atoms with Crippen LogP contribution in [0.5, 0.6) is 0 Å². The Hall–Kier alpha value is -2.37. The molecule has 0 unspecified atom stereocenters. The lowest BCUT2D eigenvalue weighted by Crippen LogP contribution is -2.48. The van der Waals surface area contributed by atoms with E-state index in [4.69, 9.17) is 4.84 Å². The maximum atomic E-state index is 12.2. The molecular formula is C18H25N3O3. The minimum atomic E-state index is -0.693. The van der Waals surface area contributed by atoms with Crippen LogP contribution in [0, 0.1) is 12.8 Å². The smallest absolute Gasteiger partial charge is 0.264 e. The van der Waals surface area contributed by atoms with Crippen LogP contribution in [0.3, 0.4) is 0 Å². The fraction of sp³-hybridized carbons (Fsp3) is 0.500. The first-order valence-electron chi connectivity index (χ1n) is 8.24. The number of aryl methyl sites for hydroxylation is 1. The third-order valence-corrected chi connectivity index (χ3v) is 3.78. The van der Waals surface area contributed by atoms with E-state index in [2.05, 4.69) is 15.8 Å². The van der Waals surface area contributed by atoms with Gasteiger partial charge in [0.15, 0.2) is 0 Å². The molecule has 1 aliphatic heterocycles. The van der Waals surface area contributed by atoms with Crippen LogP contribution in [-0.2, 0) is 14.4 Å². The highest BCUT2D eigenvalue weighted by Gasteiger charge is 2.30. The predicted octanol–water partition coefficient (Wildman–Crippen LogP) is 1.76. The Kier molecular flexibility index (Phi) is 5.95. The summed E-state index contributed by atoms with van der Waals surface area (Å²) in [6.45, 7) is 8.28. The molecule has 2 N–H and O–H groups in total. The molecule has 0 aromatic heterocycles. The van der Waals surface area contributed by atoms with Crippen molar-refractivity contribution in [2.24, 2.45) is 11.1 Å². The maximum Gasteiger partial charge on any atom is 0.264 e. The number of benzene rings is 1. The summed E-state index contributed by atoms with van der Waals surface area (Å²) in [4.78, 5) is 29.4. The Morgan fingerprint density at radius 3 is 2.54 bits per heavy atom. The molecule has 2 amide bonds. The number of nitrogens with zero attached hydrogens (tertiary/aromatic N) is 1. The van der Waals surface area contributed by atoms with Crippen LogP contribution < -0.4 is 10.6 Å². The van der Waals surface area contributed by atoms with E-state index in [1.807, 2.05) is 45.0 Å². The van der Waals surface area contributed by atoms with Gasteiger partial charge in [0.05, 0.1) is 5.71 Å². The average molecular weight is 331 g/mol. The van der Waals surface area contributed by atoms with Gasteiger partial charge in [0.2, 0.25) is 12.0 Å². The highest BCUT2D eigenvalue weighted by Crippen LogP contribution is 2.17. The molecule has 1 heterocycles. The van der Waals surface area contributed by atoms with Crippen molar-refractivity contribution in [1.82, 2.24) is 10.6 Å². The van der Waals surface area contributed by atoms with E-state index in [1.54, 1.807) is 6.92 Å². The molecular weight excluding hydrogens is 306 g/mol. The lowest BCUT2D eigenvalue weighted by atomic mass is 10.0. The summed E-state index contributed by atoms with van der Waals surface area (Å²) in [6.07, 6.45) is -0.295. The van der Waals surface area contributed by atoms with Crippen LogP contribution in [0.15, 0.2) is 29.4 Å². The summed E-state index contributed by atoms with van der Waals surface area (Å²) in [5.74, 6) is -0.164. The number of hydrogen-bond acceptors (Lipinski definition) is 4. The van der Waals surface area contributed by atoms with Gasteiger partial charge in [-0.25, -0.2) is 0 Å². The number of rotatable bonds is 6. The highest BCUT2D eigenvalue weighted by atomic mass is 16.6. The zero-order chi connectivity index (χ0) is 17.7. The predicted molar refractivity (Wildman–Crippen MR) is 92.7 cm³/mol. The van der Waals surface area contributed by atoms with Crippen molar-refractivity contribution in [3.05, 3.63) is 35.4 Å². The van der Waals surface area contributed by atoms with E-state index in [-0.39, 0.29) is 11.8 Å². The summed E-state index contributed by atoms with van der Waals surface area (Å²) in [5.41, 5.74) is 2.85. The van der Waals surface area contributed by atoms with Gasteiger partial charge in [0, 0.05) is 13.0 Å². The number of hydrogen-bond donors (Lipinski definition) is 2. The Morgan fingerprint density at radius 2 is 1.92 bits per heavy atom. The minimum absolute atomic E-state index is 0.199. The van der Waals surface area contributed by atoms with Gasteiger partial charge in [-0.15, -0.1) is 0 Å². The lowest BCUT2D eigenvalue weighted by Gasteiger charge is -2.16. The van der Waals surface area contributed by atoms with Crippen LogP contribution in [0.25, 0.3) is 0 Å². The molecule has 0 spiro atoms. The highest BCUT2D eigenvalue weighted by molar-refractivity contribution is 6.04. The molecule has 0 aliphatic carbocycles. The molecule has 0 fully saturated rings. The minimum Gasteiger partial charge on any atom is -0.382 e. The molecule has 1 aromatic carbocycles. The molecule has 0 radical (unpaired) electrons. The van der Waals surface area contributed by atoms with Gasteiger partial charge in [0.25, 0.3) is 5.91 Å². The second-order valence-electron chi connectivity index (χ2n) is 6.57. The number of carbonyl (C=O) groups is 2. The van der Waals surface area contributed by atoms with Crippen molar-refractivity contribution < 1.29 is 14.4 Å². The maximum absolute atomic E-state index is 12.2. The summed E-state index contributed by atoms with van der Waals surface area (Å²) in [7, 11) is 0. The van der Waals surface area contributed by atoms with Crippen LogP contribution >= 0.6 is 0 Å². The van der Waals surface area contributed by atoms with Crippen LogP contribution in [0.1, 0.15) is 38.3 Å². The quantitative estimate of drug-likeness (QED) is 0.834. The lowest BCUT2D eigenvalue weighted by molar-refractivity contribution is -0.135. The standard InChI is InChI=1S/C18H25N3O3/c1-11(2)10-19-17(22)13(4)20-18(23)16-9-15(21-24-16)14-7-5-12(3)6-8-14/h5-8,11,13,16H,9-10H2,1-4H3,(H,19,22)(H,20,23)/t13-,16+/m1/s1. The number of oxime groups is 1. The van der Waals surface area contributed by atoms with Gasteiger partial charge in [-0.1, -0.05) is 48.8 Å². The van der Waals surface area contributed by atoms with Gasteiger partial charge >= 0.3 is 0 Å². The fourth-order valence-corrected chi connectivity index (χ4v) is 2.26. The molecule has 1 aromatic rings. The Labute approximate surface area is 142 Å². The topological polar surface area (TPSA) is 79.8 Å². The zero-order valence-corrected chi connectivity index (χ0v) is 14.6. The van der Waals surface area contributed by atoms with Gasteiger partial charge in [0.1, 0.15) is 6.04 Å². The molecule has 24 heavy (non-hydrogen) atoms. The van der Waals surface area contributed by atoms with E-state index in [1.165, 1.54) is 0 Å². The monoisotopic (exact) mass is 331 g/mol. The molecule has 130 valence electrons. The first-order chi connectivity index (χ1) is 11.4. The summed E-state index contributed by atoms with van der Waals surface area (Å²) >= 11 is 0.